The highest BCUT2D eigenvalue weighted by atomic mass is 14.2. The van der Waals surface area contributed by atoms with E-state index in [4.69, 9.17) is 0 Å². The topological polar surface area (TPSA) is 0 Å². The summed E-state index contributed by atoms with van der Waals surface area (Å²) < 4.78 is 0. The van der Waals surface area contributed by atoms with E-state index in [9.17, 15) is 0 Å². The van der Waals surface area contributed by atoms with Crippen molar-refractivity contribution in [1.29, 1.82) is 0 Å². The lowest BCUT2D eigenvalue weighted by Crippen LogP contribution is -2.05. The van der Waals surface area contributed by atoms with Crippen LogP contribution in [0.1, 0.15) is 84.5 Å². The first-order valence-electron chi connectivity index (χ1n) is 7.29. The number of rotatable bonds is 7. The molecule has 1 aliphatic carbocycles. The van der Waals surface area contributed by atoms with Crippen molar-refractivity contribution >= 4 is 0 Å². The molecule has 1 fully saturated rings. The minimum atomic E-state index is 0.906. The van der Waals surface area contributed by atoms with E-state index in [0.29, 0.717) is 0 Å². The number of unbranched alkanes of at least 4 members (excludes halogenated alkanes) is 3. The average molecular weight is 210 g/mol. The first-order chi connectivity index (χ1) is 7.29. The lowest BCUT2D eigenvalue weighted by molar-refractivity contribution is 0.327. The molecule has 0 bridgehead atoms. The van der Waals surface area contributed by atoms with Crippen molar-refractivity contribution in [1.82, 2.24) is 0 Å². The molecule has 0 heterocycles. The summed E-state index contributed by atoms with van der Waals surface area (Å²) in [7, 11) is 0. The van der Waals surface area contributed by atoms with Crippen LogP contribution in [0.5, 0.6) is 0 Å². The third kappa shape index (κ3) is 6.98. The van der Waals surface area contributed by atoms with Crippen LogP contribution in [0.4, 0.5) is 0 Å². The van der Waals surface area contributed by atoms with Gasteiger partial charge < -0.3 is 0 Å². The van der Waals surface area contributed by atoms with Crippen LogP contribution in [0.15, 0.2) is 0 Å². The molecule has 1 aliphatic rings. The Morgan fingerprint density at radius 3 is 2.20 bits per heavy atom. The Kier molecular flexibility index (Phi) is 7.13. The second-order valence-electron chi connectivity index (χ2n) is 5.89. The molecule has 0 nitrogen and oxygen atoms in total. The van der Waals surface area contributed by atoms with Crippen LogP contribution in [0.3, 0.4) is 0 Å². The van der Waals surface area contributed by atoms with E-state index < -0.39 is 0 Å². The lowest BCUT2D eigenvalue weighted by Gasteiger charge is -2.21. The van der Waals surface area contributed by atoms with Crippen LogP contribution in [0.25, 0.3) is 0 Å². The van der Waals surface area contributed by atoms with Crippen molar-refractivity contribution in [3.63, 3.8) is 0 Å². The van der Waals surface area contributed by atoms with Gasteiger partial charge >= 0.3 is 0 Å². The zero-order valence-corrected chi connectivity index (χ0v) is 10.9. The van der Waals surface area contributed by atoms with E-state index in [1.807, 2.05) is 0 Å². The highest BCUT2D eigenvalue weighted by Gasteiger charge is 2.12. The maximum atomic E-state index is 2.34. The predicted octanol–water partition coefficient (Wildman–Crippen LogP) is 5.56. The Morgan fingerprint density at radius 1 is 0.867 bits per heavy atom. The quantitative estimate of drug-likeness (QED) is 0.482. The predicted molar refractivity (Wildman–Crippen MR) is 69.1 cm³/mol. The summed E-state index contributed by atoms with van der Waals surface area (Å²) >= 11 is 0. The van der Waals surface area contributed by atoms with Gasteiger partial charge in [-0.3, -0.25) is 0 Å². The maximum absolute atomic E-state index is 2.34. The standard InChI is InChI=1S/C15H30/c1-14(2)10-6-3-4-7-11-15-12-8-5-9-13-15/h14-15H,3-13H2,1-2H3. The molecule has 0 saturated heterocycles. The Hall–Kier alpha value is 0. The Balaban J connectivity index is 1.83. The SMILES string of the molecule is CC(C)CCCCCCC1CCCCC1. The van der Waals surface area contributed by atoms with Gasteiger partial charge in [0.05, 0.1) is 0 Å². The molecule has 15 heavy (non-hydrogen) atoms. The summed E-state index contributed by atoms with van der Waals surface area (Å²) in [5.41, 5.74) is 0. The fraction of sp³-hybridized carbons (Fsp3) is 1.00. The van der Waals surface area contributed by atoms with E-state index >= 15 is 0 Å². The first-order valence-corrected chi connectivity index (χ1v) is 7.29. The van der Waals surface area contributed by atoms with E-state index in [0.717, 1.165) is 11.8 Å². The van der Waals surface area contributed by atoms with Gasteiger partial charge in [0.25, 0.3) is 0 Å². The summed E-state index contributed by atoms with van der Waals surface area (Å²) in [6.07, 6.45) is 16.5. The lowest BCUT2D eigenvalue weighted by atomic mass is 9.85. The zero-order valence-electron chi connectivity index (χ0n) is 10.9. The van der Waals surface area contributed by atoms with Crippen molar-refractivity contribution in [2.75, 3.05) is 0 Å². The third-order valence-corrected chi connectivity index (χ3v) is 3.87. The van der Waals surface area contributed by atoms with Crippen LogP contribution < -0.4 is 0 Å². The number of hydrogen-bond acceptors (Lipinski definition) is 0. The Morgan fingerprint density at radius 2 is 1.53 bits per heavy atom. The Bertz CT molecular complexity index is 131. The third-order valence-electron chi connectivity index (χ3n) is 3.87. The summed E-state index contributed by atoms with van der Waals surface area (Å²) in [6, 6.07) is 0. The molecule has 0 aromatic carbocycles. The molecule has 0 aliphatic heterocycles. The van der Waals surface area contributed by atoms with Crippen LogP contribution in [0.2, 0.25) is 0 Å². The molecule has 0 spiro atoms. The van der Waals surface area contributed by atoms with Gasteiger partial charge in [0, 0.05) is 0 Å². The van der Waals surface area contributed by atoms with Crippen LogP contribution >= 0.6 is 0 Å². The fourth-order valence-electron chi connectivity index (χ4n) is 2.81. The van der Waals surface area contributed by atoms with Gasteiger partial charge in [-0.1, -0.05) is 84.5 Å². The summed E-state index contributed by atoms with van der Waals surface area (Å²) in [5, 5.41) is 0. The fourth-order valence-corrected chi connectivity index (χ4v) is 2.81. The van der Waals surface area contributed by atoms with Gasteiger partial charge in [-0.05, 0) is 11.8 Å². The Labute approximate surface area is 96.8 Å². The van der Waals surface area contributed by atoms with Crippen molar-refractivity contribution in [2.24, 2.45) is 11.8 Å². The minimum Gasteiger partial charge on any atom is -0.0628 e. The van der Waals surface area contributed by atoms with Crippen LogP contribution in [-0.4, -0.2) is 0 Å². The largest absolute Gasteiger partial charge is 0.0628 e. The molecule has 0 aromatic heterocycles. The van der Waals surface area contributed by atoms with Crippen molar-refractivity contribution in [3.05, 3.63) is 0 Å². The molecule has 0 aromatic rings. The second-order valence-corrected chi connectivity index (χ2v) is 5.89. The number of hydrogen-bond donors (Lipinski definition) is 0. The molecular formula is C15H30. The van der Waals surface area contributed by atoms with Gasteiger partial charge in [0.2, 0.25) is 0 Å². The van der Waals surface area contributed by atoms with Gasteiger partial charge in [-0.25, -0.2) is 0 Å². The van der Waals surface area contributed by atoms with E-state index in [1.165, 1.54) is 70.6 Å². The maximum Gasteiger partial charge on any atom is -0.0414 e. The highest BCUT2D eigenvalue weighted by molar-refractivity contribution is 4.65. The summed E-state index contributed by atoms with van der Waals surface area (Å²) in [5.74, 6) is 2.01. The van der Waals surface area contributed by atoms with Gasteiger partial charge in [0.15, 0.2) is 0 Å². The van der Waals surface area contributed by atoms with Gasteiger partial charge in [-0.2, -0.15) is 0 Å². The molecule has 0 N–H and O–H groups in total. The first kappa shape index (κ1) is 13.1. The minimum absolute atomic E-state index is 0.906. The van der Waals surface area contributed by atoms with Crippen molar-refractivity contribution in [3.8, 4) is 0 Å². The molecule has 0 unspecified atom stereocenters. The molecule has 0 amide bonds. The van der Waals surface area contributed by atoms with E-state index in [2.05, 4.69) is 13.8 Å². The highest BCUT2D eigenvalue weighted by Crippen LogP contribution is 2.28. The summed E-state index contributed by atoms with van der Waals surface area (Å²) in [4.78, 5) is 0. The second kappa shape index (κ2) is 8.19. The van der Waals surface area contributed by atoms with Gasteiger partial charge in [-0.15, -0.1) is 0 Å². The normalized spacial score (nSPS) is 18.6. The monoisotopic (exact) mass is 210 g/mol. The average Bonchev–Trinajstić information content (AvgIpc) is 2.24. The van der Waals surface area contributed by atoms with Gasteiger partial charge in [0.1, 0.15) is 0 Å². The molecule has 0 heteroatoms. The smallest absolute Gasteiger partial charge is 0.0414 e. The molecule has 90 valence electrons. The molecule has 0 atom stereocenters. The van der Waals surface area contributed by atoms with E-state index in [-0.39, 0.29) is 0 Å². The van der Waals surface area contributed by atoms with E-state index in [1.54, 1.807) is 0 Å². The summed E-state index contributed by atoms with van der Waals surface area (Å²) in [6.45, 7) is 4.67. The van der Waals surface area contributed by atoms with Crippen LogP contribution in [-0.2, 0) is 0 Å². The molecule has 0 radical (unpaired) electrons. The van der Waals surface area contributed by atoms with Crippen molar-refractivity contribution in [2.45, 2.75) is 84.5 Å². The molecule has 1 rings (SSSR count). The molecular weight excluding hydrogens is 180 g/mol. The van der Waals surface area contributed by atoms with Crippen molar-refractivity contribution < 1.29 is 0 Å². The molecule has 1 saturated carbocycles. The van der Waals surface area contributed by atoms with Crippen LogP contribution in [0, 0.1) is 11.8 Å². The zero-order chi connectivity index (χ0) is 10.9.